The van der Waals surface area contributed by atoms with E-state index >= 15 is 9.59 Å². The van der Waals surface area contributed by atoms with Crippen LogP contribution in [0.25, 0.3) is 0 Å². The Hall–Kier alpha value is -4.26. The van der Waals surface area contributed by atoms with Crippen molar-refractivity contribution in [2.45, 2.75) is 194 Å². The van der Waals surface area contributed by atoms with Gasteiger partial charge in [-0.1, -0.05) is 151 Å². The van der Waals surface area contributed by atoms with Crippen LogP contribution in [-0.2, 0) is 55.8 Å². The molecule has 0 atom stereocenters. The zero-order chi connectivity index (χ0) is 46.2. The maximum atomic E-state index is 15.4. The molecule has 4 aromatic carbocycles. The van der Waals surface area contributed by atoms with Crippen LogP contribution in [0.4, 0.5) is 0 Å². The Morgan fingerprint density at radius 3 is 1.02 bits per heavy atom. The van der Waals surface area contributed by atoms with Gasteiger partial charge in [-0.25, -0.2) is 0 Å². The molecule has 340 valence electrons. The van der Waals surface area contributed by atoms with Gasteiger partial charge in [0.25, 0.3) is 0 Å². The SMILES string of the molecule is CC(C)(C)c1ccc(CN2C(C)(C)CC(OC(=O)C(Cc3ccccc3)(Cc3ccccc3)C(=O)OC3CC(C)(C)N(Cc4ccc(C(C)(C)C)cc4)C(C)(C)C3)CC2(C)C)cc1. The molecule has 6 nitrogen and oxygen atoms in total. The van der Waals surface area contributed by atoms with E-state index in [2.05, 4.69) is 155 Å². The Morgan fingerprint density at radius 2 is 0.746 bits per heavy atom. The first kappa shape index (κ1) is 48.2. The quantitative estimate of drug-likeness (QED) is 0.104. The molecule has 6 rings (SSSR count). The Morgan fingerprint density at radius 1 is 0.460 bits per heavy atom. The van der Waals surface area contributed by atoms with Crippen molar-refractivity contribution in [2.24, 2.45) is 5.41 Å². The van der Waals surface area contributed by atoms with Crippen molar-refractivity contribution in [1.29, 1.82) is 0 Å². The summed E-state index contributed by atoms with van der Waals surface area (Å²) in [6.07, 6.45) is 2.14. The molecule has 2 aliphatic heterocycles. The Bertz CT molecular complexity index is 1960. The second kappa shape index (κ2) is 18.0. The molecule has 6 heteroatoms. The normalized spacial score (nSPS) is 19.7. The summed E-state index contributed by atoms with van der Waals surface area (Å²) in [5.41, 5.74) is 4.34. The van der Waals surface area contributed by atoms with Crippen molar-refractivity contribution in [3.63, 3.8) is 0 Å². The minimum atomic E-state index is -1.61. The topological polar surface area (TPSA) is 59.1 Å². The fourth-order valence-electron chi connectivity index (χ4n) is 10.9. The summed E-state index contributed by atoms with van der Waals surface area (Å²) in [7, 11) is 0. The Kier molecular flexibility index (Phi) is 13.7. The second-order valence-electron chi connectivity index (χ2n) is 23.6. The monoisotopic (exact) mass is 855 g/mol. The summed E-state index contributed by atoms with van der Waals surface area (Å²) in [6, 6.07) is 37.8. The summed E-state index contributed by atoms with van der Waals surface area (Å²) in [4.78, 5) is 35.9. The van der Waals surface area contributed by atoms with Gasteiger partial charge in [0.15, 0.2) is 5.41 Å². The number of carbonyl (C=O) groups is 2. The van der Waals surface area contributed by atoms with Crippen LogP contribution >= 0.6 is 0 Å². The number of rotatable bonds is 12. The van der Waals surface area contributed by atoms with Gasteiger partial charge in [0, 0.05) is 60.9 Å². The van der Waals surface area contributed by atoms with Crippen LogP contribution in [0.2, 0.25) is 0 Å². The molecule has 0 spiro atoms. The lowest BCUT2D eigenvalue weighted by atomic mass is 9.74. The average molecular weight is 855 g/mol. The number of piperidine rings is 2. The van der Waals surface area contributed by atoms with Crippen LogP contribution in [0.5, 0.6) is 0 Å². The number of esters is 2. The van der Waals surface area contributed by atoms with Crippen molar-refractivity contribution in [1.82, 2.24) is 9.80 Å². The first-order valence-electron chi connectivity index (χ1n) is 23.4. The first-order chi connectivity index (χ1) is 29.2. The third kappa shape index (κ3) is 11.3. The van der Waals surface area contributed by atoms with Crippen molar-refractivity contribution < 1.29 is 19.1 Å². The van der Waals surface area contributed by atoms with Gasteiger partial charge >= 0.3 is 11.9 Å². The summed E-state index contributed by atoms with van der Waals surface area (Å²) in [6.45, 7) is 33.1. The predicted octanol–water partition coefficient (Wildman–Crippen LogP) is 12.6. The molecule has 0 unspecified atom stereocenters. The number of hydrogen-bond acceptors (Lipinski definition) is 6. The van der Waals surface area contributed by atoms with Crippen LogP contribution in [0, 0.1) is 5.41 Å². The molecule has 4 aromatic rings. The highest BCUT2D eigenvalue weighted by atomic mass is 16.6. The zero-order valence-electron chi connectivity index (χ0n) is 41.2. The highest BCUT2D eigenvalue weighted by molar-refractivity contribution is 6.01. The lowest BCUT2D eigenvalue weighted by molar-refractivity contribution is -0.189. The summed E-state index contributed by atoms with van der Waals surface area (Å²) in [5, 5.41) is 0. The fourth-order valence-corrected chi connectivity index (χ4v) is 10.9. The smallest absolute Gasteiger partial charge is 0.324 e. The highest BCUT2D eigenvalue weighted by Crippen LogP contribution is 2.45. The van der Waals surface area contributed by atoms with Crippen molar-refractivity contribution >= 4 is 11.9 Å². The van der Waals surface area contributed by atoms with Crippen LogP contribution in [0.3, 0.4) is 0 Å². The Balaban J connectivity index is 1.28. The minimum absolute atomic E-state index is 0.0898. The molecule has 0 N–H and O–H groups in total. The third-order valence-electron chi connectivity index (χ3n) is 14.2. The van der Waals surface area contributed by atoms with Gasteiger partial charge in [-0.2, -0.15) is 0 Å². The van der Waals surface area contributed by atoms with E-state index in [4.69, 9.17) is 9.47 Å². The largest absolute Gasteiger partial charge is 0.461 e. The standard InChI is InChI=1S/C57H78N2O4/c1-51(2,3)45-29-25-43(26-30-45)39-58-53(7,8)35-47(36-54(58,9)10)62-49(60)57(33-41-21-17-15-18-22-41,34-42-23-19-16-20-24-42)50(61)63-48-37-55(11,12)59(56(13,14)38-48)40-44-27-31-46(32-28-44)52(4,5)6/h15-32,47-48H,33-40H2,1-14H3. The molecular weight excluding hydrogens is 777 g/mol. The van der Waals surface area contributed by atoms with E-state index in [1.807, 2.05) is 60.7 Å². The van der Waals surface area contributed by atoms with Crippen LogP contribution in [0.1, 0.15) is 156 Å². The van der Waals surface area contributed by atoms with Gasteiger partial charge in [-0.3, -0.25) is 19.4 Å². The molecule has 2 fully saturated rings. The van der Waals surface area contributed by atoms with Gasteiger partial charge in [0.05, 0.1) is 0 Å². The van der Waals surface area contributed by atoms with E-state index in [-0.39, 0.29) is 58.0 Å². The summed E-state index contributed by atoms with van der Waals surface area (Å²) >= 11 is 0. The van der Waals surface area contributed by atoms with Gasteiger partial charge in [0.2, 0.25) is 0 Å². The average Bonchev–Trinajstić information content (AvgIpc) is 3.17. The van der Waals surface area contributed by atoms with Crippen LogP contribution in [0.15, 0.2) is 109 Å². The molecule has 0 amide bonds. The fraction of sp³-hybridized carbons (Fsp3) is 0.544. The number of ether oxygens (including phenoxy) is 2. The van der Waals surface area contributed by atoms with Crippen molar-refractivity contribution in [2.75, 3.05) is 0 Å². The number of benzene rings is 4. The first-order valence-corrected chi connectivity index (χ1v) is 23.4. The maximum absolute atomic E-state index is 15.4. The van der Waals surface area contributed by atoms with Gasteiger partial charge in [-0.15, -0.1) is 0 Å². The lowest BCUT2D eigenvalue weighted by Gasteiger charge is -2.55. The molecular formula is C57H78N2O4. The molecule has 0 saturated carbocycles. The third-order valence-corrected chi connectivity index (χ3v) is 14.2. The number of carbonyl (C=O) groups excluding carboxylic acids is 2. The van der Waals surface area contributed by atoms with Gasteiger partial charge in [0.1, 0.15) is 12.2 Å². The molecule has 2 saturated heterocycles. The molecule has 0 aliphatic carbocycles. The summed E-state index contributed by atoms with van der Waals surface area (Å²) in [5.74, 6) is -1.00. The van der Waals surface area contributed by atoms with E-state index in [9.17, 15) is 0 Å². The molecule has 0 aromatic heterocycles. The minimum Gasteiger partial charge on any atom is -0.461 e. The van der Waals surface area contributed by atoms with Crippen molar-refractivity contribution in [3.8, 4) is 0 Å². The van der Waals surface area contributed by atoms with Crippen molar-refractivity contribution in [3.05, 3.63) is 143 Å². The maximum Gasteiger partial charge on any atom is 0.324 e. The predicted molar refractivity (Wildman–Crippen MR) is 259 cm³/mol. The van der Waals surface area contributed by atoms with E-state index in [0.29, 0.717) is 25.7 Å². The van der Waals surface area contributed by atoms with E-state index < -0.39 is 17.4 Å². The van der Waals surface area contributed by atoms with Gasteiger partial charge < -0.3 is 9.47 Å². The number of nitrogens with zero attached hydrogens (tertiary/aromatic N) is 2. The van der Waals surface area contributed by atoms with E-state index in [1.165, 1.54) is 22.3 Å². The van der Waals surface area contributed by atoms with Gasteiger partial charge in [-0.05, 0) is 112 Å². The van der Waals surface area contributed by atoms with E-state index in [1.54, 1.807) is 0 Å². The number of hydrogen-bond donors (Lipinski definition) is 0. The lowest BCUT2D eigenvalue weighted by Crippen LogP contribution is -2.62. The zero-order valence-corrected chi connectivity index (χ0v) is 41.2. The van der Waals surface area contributed by atoms with Crippen LogP contribution < -0.4 is 0 Å². The Labute approximate surface area is 381 Å². The molecule has 2 heterocycles. The van der Waals surface area contributed by atoms with E-state index in [0.717, 1.165) is 24.2 Å². The number of likely N-dealkylation sites (tertiary alicyclic amines) is 2. The van der Waals surface area contributed by atoms with Crippen LogP contribution in [-0.4, -0.2) is 56.1 Å². The summed E-state index contributed by atoms with van der Waals surface area (Å²) < 4.78 is 13.5. The highest BCUT2D eigenvalue weighted by Gasteiger charge is 2.54. The molecule has 2 aliphatic rings. The molecule has 63 heavy (non-hydrogen) atoms. The second-order valence-corrected chi connectivity index (χ2v) is 23.6. The molecule has 0 bridgehead atoms. The molecule has 0 radical (unpaired) electrons.